The van der Waals surface area contributed by atoms with Gasteiger partial charge in [-0.25, -0.2) is 0 Å². The summed E-state index contributed by atoms with van der Waals surface area (Å²) in [5.74, 6) is 0.752. The van der Waals surface area contributed by atoms with Crippen LogP contribution in [0.4, 0.5) is 5.69 Å². The van der Waals surface area contributed by atoms with Gasteiger partial charge >= 0.3 is 0 Å². The van der Waals surface area contributed by atoms with E-state index in [4.69, 9.17) is 10.5 Å². The van der Waals surface area contributed by atoms with Gasteiger partial charge < -0.3 is 10.5 Å². The average Bonchev–Trinajstić information content (AvgIpc) is 2.68. The van der Waals surface area contributed by atoms with E-state index in [1.165, 1.54) is 0 Å². The van der Waals surface area contributed by atoms with Gasteiger partial charge in [-0.15, -0.1) is 11.3 Å². The van der Waals surface area contributed by atoms with Crippen LogP contribution in [0.5, 0.6) is 5.75 Å². The molecule has 1 heterocycles. The molecule has 0 spiro atoms. The summed E-state index contributed by atoms with van der Waals surface area (Å²) in [4.78, 5) is 5.07. The van der Waals surface area contributed by atoms with Crippen molar-refractivity contribution < 1.29 is 4.74 Å². The van der Waals surface area contributed by atoms with E-state index in [0.29, 0.717) is 12.3 Å². The molecule has 0 unspecified atom stereocenters. The molecule has 2 N–H and O–H groups in total. The number of hydrogen-bond donors (Lipinski definition) is 1. The Hall–Kier alpha value is -0.590. The van der Waals surface area contributed by atoms with Gasteiger partial charge in [-0.1, -0.05) is 0 Å². The molecule has 0 bridgehead atoms. The van der Waals surface area contributed by atoms with Crippen LogP contribution in [0.25, 0.3) is 0 Å². The predicted molar refractivity (Wildman–Crippen MR) is 72.7 cm³/mol. The minimum atomic E-state index is 0.506. The zero-order valence-corrected chi connectivity index (χ0v) is 12.1. The second-order valence-corrected chi connectivity index (χ2v) is 5.75. The Morgan fingerprint density at radius 1 is 1.31 bits per heavy atom. The Morgan fingerprint density at radius 3 is 2.56 bits per heavy atom. The van der Waals surface area contributed by atoms with Crippen molar-refractivity contribution in [2.45, 2.75) is 6.61 Å². The SMILES string of the molecule is Nc1cc(Br)c(OCc2cncs2)c(Br)c1. The lowest BCUT2D eigenvalue weighted by Gasteiger charge is -2.09. The number of nitrogens with two attached hydrogens (primary N) is 1. The molecule has 0 saturated carbocycles. The first-order chi connectivity index (χ1) is 7.66. The molecule has 0 radical (unpaired) electrons. The van der Waals surface area contributed by atoms with Crippen LogP contribution in [0.2, 0.25) is 0 Å². The zero-order valence-electron chi connectivity index (χ0n) is 8.11. The number of aromatic nitrogens is 1. The predicted octanol–water partition coefficient (Wildman–Crippen LogP) is 3.83. The third kappa shape index (κ3) is 2.75. The third-order valence-electron chi connectivity index (χ3n) is 1.86. The molecule has 0 aliphatic carbocycles. The summed E-state index contributed by atoms with van der Waals surface area (Å²) in [7, 11) is 0. The summed E-state index contributed by atoms with van der Waals surface area (Å²) in [5.41, 5.74) is 8.16. The number of ether oxygens (including phenoxy) is 1. The van der Waals surface area contributed by atoms with Crippen molar-refractivity contribution in [1.29, 1.82) is 0 Å². The maximum Gasteiger partial charge on any atom is 0.148 e. The number of benzene rings is 1. The second kappa shape index (κ2) is 5.16. The highest BCUT2D eigenvalue weighted by atomic mass is 79.9. The first-order valence-electron chi connectivity index (χ1n) is 4.41. The minimum Gasteiger partial charge on any atom is -0.486 e. The van der Waals surface area contributed by atoms with Gasteiger partial charge in [0.2, 0.25) is 0 Å². The number of hydrogen-bond acceptors (Lipinski definition) is 4. The quantitative estimate of drug-likeness (QED) is 0.843. The lowest BCUT2D eigenvalue weighted by molar-refractivity contribution is 0.305. The van der Waals surface area contributed by atoms with Crippen LogP contribution in [-0.2, 0) is 6.61 Å². The molecule has 0 aliphatic rings. The van der Waals surface area contributed by atoms with Crippen molar-refractivity contribution in [3.05, 3.63) is 37.7 Å². The fourth-order valence-electron chi connectivity index (χ4n) is 1.17. The standard InChI is InChI=1S/C10H8Br2N2OS/c11-8-1-6(13)2-9(12)10(8)15-4-7-3-14-5-16-7/h1-3,5H,4,13H2. The van der Waals surface area contributed by atoms with E-state index >= 15 is 0 Å². The average molecular weight is 364 g/mol. The minimum absolute atomic E-state index is 0.506. The monoisotopic (exact) mass is 362 g/mol. The van der Waals surface area contributed by atoms with E-state index < -0.39 is 0 Å². The highest BCUT2D eigenvalue weighted by Crippen LogP contribution is 2.36. The van der Waals surface area contributed by atoms with Gasteiger partial charge in [-0.2, -0.15) is 0 Å². The molecule has 0 saturated heterocycles. The molecule has 1 aromatic carbocycles. The molecule has 16 heavy (non-hydrogen) atoms. The van der Waals surface area contributed by atoms with Gasteiger partial charge in [-0.05, 0) is 44.0 Å². The van der Waals surface area contributed by atoms with E-state index in [1.54, 1.807) is 23.0 Å². The molecule has 2 rings (SSSR count). The molecular weight excluding hydrogens is 356 g/mol. The van der Waals surface area contributed by atoms with Crippen LogP contribution in [-0.4, -0.2) is 4.98 Å². The van der Waals surface area contributed by atoms with Gasteiger partial charge in [0.1, 0.15) is 12.4 Å². The summed E-state index contributed by atoms with van der Waals surface area (Å²) in [6.07, 6.45) is 1.80. The molecule has 2 aromatic rings. The first kappa shape index (κ1) is 11.9. The Morgan fingerprint density at radius 2 is 2.00 bits per heavy atom. The number of anilines is 1. The fraction of sp³-hybridized carbons (Fsp3) is 0.100. The Kier molecular flexibility index (Phi) is 3.83. The molecule has 84 valence electrons. The lowest BCUT2D eigenvalue weighted by atomic mass is 10.3. The summed E-state index contributed by atoms with van der Waals surface area (Å²) in [6, 6.07) is 3.62. The summed E-state index contributed by atoms with van der Waals surface area (Å²) in [5, 5.41) is 0. The highest BCUT2D eigenvalue weighted by Gasteiger charge is 2.08. The molecule has 1 aromatic heterocycles. The van der Waals surface area contributed by atoms with Gasteiger partial charge in [-0.3, -0.25) is 4.98 Å². The number of nitrogen functional groups attached to an aromatic ring is 1. The van der Waals surface area contributed by atoms with Crippen LogP contribution >= 0.6 is 43.2 Å². The number of rotatable bonds is 3. The van der Waals surface area contributed by atoms with E-state index in [9.17, 15) is 0 Å². The maximum atomic E-state index is 5.70. The number of halogens is 2. The van der Waals surface area contributed by atoms with Gasteiger partial charge in [0.05, 0.1) is 19.3 Å². The van der Waals surface area contributed by atoms with Crippen LogP contribution in [0, 0.1) is 0 Å². The largest absolute Gasteiger partial charge is 0.486 e. The second-order valence-electron chi connectivity index (χ2n) is 3.07. The van der Waals surface area contributed by atoms with E-state index in [0.717, 1.165) is 19.6 Å². The summed E-state index contributed by atoms with van der Waals surface area (Å²) in [6.45, 7) is 0.506. The first-order valence-corrected chi connectivity index (χ1v) is 6.88. The van der Waals surface area contributed by atoms with Crippen LogP contribution in [0.3, 0.4) is 0 Å². The van der Waals surface area contributed by atoms with Gasteiger partial charge in [0.15, 0.2) is 0 Å². The van der Waals surface area contributed by atoms with Crippen molar-refractivity contribution in [3.8, 4) is 5.75 Å². The van der Waals surface area contributed by atoms with Crippen molar-refractivity contribution >= 4 is 48.9 Å². The van der Waals surface area contributed by atoms with Crippen molar-refractivity contribution in [1.82, 2.24) is 4.98 Å². The number of thiazole rings is 1. The number of nitrogens with zero attached hydrogens (tertiary/aromatic N) is 1. The fourth-order valence-corrected chi connectivity index (χ4v) is 3.13. The van der Waals surface area contributed by atoms with Crippen molar-refractivity contribution in [3.63, 3.8) is 0 Å². The van der Waals surface area contributed by atoms with E-state index in [2.05, 4.69) is 36.8 Å². The van der Waals surface area contributed by atoms with Crippen LogP contribution in [0.15, 0.2) is 32.8 Å². The van der Waals surface area contributed by atoms with E-state index in [1.807, 2.05) is 12.1 Å². The van der Waals surface area contributed by atoms with Gasteiger partial charge in [0, 0.05) is 11.9 Å². The summed E-state index contributed by atoms with van der Waals surface area (Å²) >= 11 is 8.40. The molecule has 0 fully saturated rings. The van der Waals surface area contributed by atoms with Crippen LogP contribution < -0.4 is 10.5 Å². The highest BCUT2D eigenvalue weighted by molar-refractivity contribution is 9.11. The van der Waals surface area contributed by atoms with Crippen molar-refractivity contribution in [2.24, 2.45) is 0 Å². The Bertz CT molecular complexity index is 465. The molecule has 0 aliphatic heterocycles. The Labute approximate surface area is 114 Å². The maximum absolute atomic E-state index is 5.70. The normalized spacial score (nSPS) is 10.4. The molecule has 6 heteroatoms. The molecular formula is C10H8Br2N2OS. The Balaban J connectivity index is 2.15. The topological polar surface area (TPSA) is 48.1 Å². The lowest BCUT2D eigenvalue weighted by Crippen LogP contribution is -1.96. The smallest absolute Gasteiger partial charge is 0.148 e. The molecule has 0 amide bonds. The third-order valence-corrected chi connectivity index (χ3v) is 3.79. The van der Waals surface area contributed by atoms with Crippen LogP contribution in [0.1, 0.15) is 4.88 Å². The summed E-state index contributed by atoms with van der Waals surface area (Å²) < 4.78 is 7.36. The molecule has 0 atom stereocenters. The zero-order chi connectivity index (χ0) is 11.5. The van der Waals surface area contributed by atoms with E-state index in [-0.39, 0.29) is 0 Å². The van der Waals surface area contributed by atoms with Crippen molar-refractivity contribution in [2.75, 3.05) is 5.73 Å². The van der Waals surface area contributed by atoms with Gasteiger partial charge in [0.25, 0.3) is 0 Å². The molecule has 3 nitrogen and oxygen atoms in total.